The molecule has 0 N–H and O–H groups in total. The van der Waals surface area contributed by atoms with E-state index in [0.29, 0.717) is 5.92 Å². The summed E-state index contributed by atoms with van der Waals surface area (Å²) in [5.74, 6) is 1.89. The molecule has 48 valence electrons. The van der Waals surface area contributed by atoms with Gasteiger partial charge in [0.05, 0.1) is 12.0 Å². The second-order valence-electron chi connectivity index (χ2n) is 3.20. The van der Waals surface area contributed by atoms with Crippen LogP contribution in [0.1, 0.15) is 0 Å². The number of nitrogens with zero attached hydrogens (tertiary/aromatic N) is 2. The molecule has 1 heterocycles. The van der Waals surface area contributed by atoms with Gasteiger partial charge in [0.15, 0.2) is 0 Å². The van der Waals surface area contributed by atoms with Crippen molar-refractivity contribution in [1.29, 1.82) is 5.26 Å². The predicted molar refractivity (Wildman–Crippen MR) is 33.6 cm³/mol. The zero-order valence-electron chi connectivity index (χ0n) is 5.54. The number of rotatable bonds is 0. The quantitative estimate of drug-likeness (QED) is 0.462. The summed E-state index contributed by atoms with van der Waals surface area (Å²) < 4.78 is 0. The topological polar surface area (TPSA) is 27.0 Å². The van der Waals surface area contributed by atoms with Gasteiger partial charge in [0.25, 0.3) is 0 Å². The van der Waals surface area contributed by atoms with E-state index in [9.17, 15) is 0 Å². The van der Waals surface area contributed by atoms with Crippen molar-refractivity contribution in [1.82, 2.24) is 4.90 Å². The summed E-state index contributed by atoms with van der Waals surface area (Å²) in [6.07, 6.45) is 0. The molecule has 1 aliphatic carbocycles. The minimum absolute atomic E-state index is 0.418. The minimum atomic E-state index is 0.418. The first-order chi connectivity index (χ1) is 4.33. The largest absolute Gasteiger partial charge is 0.306 e. The molecular weight excluding hydrogens is 112 g/mol. The molecule has 2 nitrogen and oxygen atoms in total. The molecule has 2 fully saturated rings. The van der Waals surface area contributed by atoms with Crippen molar-refractivity contribution in [3.63, 3.8) is 0 Å². The third-order valence-corrected chi connectivity index (χ3v) is 2.53. The first-order valence-electron chi connectivity index (χ1n) is 3.41. The van der Waals surface area contributed by atoms with Gasteiger partial charge in [0, 0.05) is 13.1 Å². The zero-order valence-corrected chi connectivity index (χ0v) is 5.54. The number of likely N-dealkylation sites (tertiary alicyclic amines) is 1. The summed E-state index contributed by atoms with van der Waals surface area (Å²) in [5.41, 5.74) is 0. The maximum absolute atomic E-state index is 8.53. The van der Waals surface area contributed by atoms with Crippen LogP contribution in [0.3, 0.4) is 0 Å². The average molecular weight is 122 g/mol. The molecule has 2 heteroatoms. The summed E-state index contributed by atoms with van der Waals surface area (Å²) in [6, 6.07) is 2.33. The summed E-state index contributed by atoms with van der Waals surface area (Å²) in [6.45, 7) is 2.31. The van der Waals surface area contributed by atoms with Crippen molar-refractivity contribution in [3.05, 3.63) is 0 Å². The lowest BCUT2D eigenvalue weighted by molar-refractivity contribution is 0.359. The fourth-order valence-electron chi connectivity index (χ4n) is 1.93. The van der Waals surface area contributed by atoms with E-state index in [0.717, 1.165) is 24.9 Å². The Labute approximate surface area is 55.1 Å². The van der Waals surface area contributed by atoms with E-state index >= 15 is 0 Å². The lowest BCUT2D eigenvalue weighted by atomic mass is 10.3. The van der Waals surface area contributed by atoms with Crippen LogP contribution in [0.25, 0.3) is 0 Å². The van der Waals surface area contributed by atoms with Crippen LogP contribution in [0.5, 0.6) is 0 Å². The molecule has 1 saturated heterocycles. The Bertz CT molecular complexity index is 158. The van der Waals surface area contributed by atoms with Crippen molar-refractivity contribution >= 4 is 0 Å². The predicted octanol–water partition coefficient (Wildman–Crippen LogP) is 0.318. The van der Waals surface area contributed by atoms with E-state index in [1.165, 1.54) is 0 Å². The monoisotopic (exact) mass is 122 g/mol. The third-order valence-electron chi connectivity index (χ3n) is 2.53. The van der Waals surface area contributed by atoms with Crippen molar-refractivity contribution in [3.8, 4) is 6.07 Å². The highest BCUT2D eigenvalue weighted by Gasteiger charge is 2.55. The highest BCUT2D eigenvalue weighted by molar-refractivity contribution is 5.13. The van der Waals surface area contributed by atoms with Crippen LogP contribution >= 0.6 is 0 Å². The fourth-order valence-corrected chi connectivity index (χ4v) is 1.93. The second kappa shape index (κ2) is 1.48. The van der Waals surface area contributed by atoms with Gasteiger partial charge in [-0.25, -0.2) is 0 Å². The number of fused-ring (bicyclic) bond motifs is 1. The maximum atomic E-state index is 8.53. The number of nitriles is 1. The SMILES string of the molecule is CN1CC2C(C#N)C2C1. The highest BCUT2D eigenvalue weighted by Crippen LogP contribution is 2.50. The Kier molecular flexibility index (Phi) is 0.866. The molecule has 0 bridgehead atoms. The number of hydrogen-bond acceptors (Lipinski definition) is 2. The van der Waals surface area contributed by atoms with Gasteiger partial charge >= 0.3 is 0 Å². The van der Waals surface area contributed by atoms with Gasteiger partial charge in [-0.05, 0) is 18.9 Å². The third kappa shape index (κ3) is 0.585. The maximum Gasteiger partial charge on any atom is 0.0662 e. The van der Waals surface area contributed by atoms with Gasteiger partial charge in [0.2, 0.25) is 0 Å². The Morgan fingerprint density at radius 1 is 1.44 bits per heavy atom. The Balaban J connectivity index is 2.00. The first kappa shape index (κ1) is 5.25. The molecule has 2 aliphatic rings. The Morgan fingerprint density at radius 3 is 2.44 bits per heavy atom. The standard InChI is InChI=1S/C7H10N2/c1-9-3-6-5(2-8)7(6)4-9/h5-7H,3-4H2,1H3. The van der Waals surface area contributed by atoms with Gasteiger partial charge in [0.1, 0.15) is 0 Å². The Morgan fingerprint density at radius 2 is 2.00 bits per heavy atom. The van der Waals surface area contributed by atoms with Gasteiger partial charge in [-0.15, -0.1) is 0 Å². The molecule has 0 radical (unpaired) electrons. The van der Waals surface area contributed by atoms with Crippen LogP contribution in [0.4, 0.5) is 0 Å². The molecule has 0 aromatic rings. The van der Waals surface area contributed by atoms with E-state index in [2.05, 4.69) is 18.0 Å². The van der Waals surface area contributed by atoms with Gasteiger partial charge in [-0.3, -0.25) is 0 Å². The van der Waals surface area contributed by atoms with E-state index in [1.54, 1.807) is 0 Å². The summed E-state index contributed by atoms with van der Waals surface area (Å²) in [5, 5.41) is 8.53. The zero-order chi connectivity index (χ0) is 6.43. The smallest absolute Gasteiger partial charge is 0.0662 e. The summed E-state index contributed by atoms with van der Waals surface area (Å²) in [4.78, 5) is 2.31. The van der Waals surface area contributed by atoms with Crippen molar-refractivity contribution in [2.24, 2.45) is 17.8 Å². The molecule has 0 aromatic carbocycles. The van der Waals surface area contributed by atoms with Crippen molar-refractivity contribution in [2.45, 2.75) is 0 Å². The highest BCUT2D eigenvalue weighted by atomic mass is 15.2. The lowest BCUT2D eigenvalue weighted by Crippen LogP contribution is -2.18. The van der Waals surface area contributed by atoms with E-state index in [-0.39, 0.29) is 0 Å². The Hall–Kier alpha value is -0.550. The average Bonchev–Trinajstić information content (AvgIpc) is 2.30. The normalized spacial score (nSPS) is 48.2. The van der Waals surface area contributed by atoms with Crippen LogP contribution < -0.4 is 0 Å². The van der Waals surface area contributed by atoms with Gasteiger partial charge in [-0.2, -0.15) is 5.26 Å². The van der Waals surface area contributed by atoms with Crippen LogP contribution in [-0.2, 0) is 0 Å². The molecule has 1 aliphatic heterocycles. The fraction of sp³-hybridized carbons (Fsp3) is 0.857. The molecule has 1 saturated carbocycles. The molecule has 0 amide bonds. The van der Waals surface area contributed by atoms with E-state index < -0.39 is 0 Å². The van der Waals surface area contributed by atoms with E-state index in [4.69, 9.17) is 5.26 Å². The molecule has 9 heavy (non-hydrogen) atoms. The number of piperidine rings is 1. The van der Waals surface area contributed by atoms with Crippen LogP contribution in [0, 0.1) is 29.1 Å². The van der Waals surface area contributed by atoms with Crippen molar-refractivity contribution < 1.29 is 0 Å². The second-order valence-corrected chi connectivity index (χ2v) is 3.20. The summed E-state index contributed by atoms with van der Waals surface area (Å²) in [7, 11) is 2.13. The molecule has 2 atom stereocenters. The molecular formula is C7H10N2. The molecule has 2 rings (SSSR count). The number of hydrogen-bond donors (Lipinski definition) is 0. The molecule has 0 spiro atoms. The van der Waals surface area contributed by atoms with Crippen LogP contribution in [0.2, 0.25) is 0 Å². The minimum Gasteiger partial charge on any atom is -0.306 e. The molecule has 2 unspecified atom stereocenters. The van der Waals surface area contributed by atoms with E-state index in [1.807, 2.05) is 0 Å². The molecule has 0 aromatic heterocycles. The van der Waals surface area contributed by atoms with Gasteiger partial charge < -0.3 is 4.90 Å². The van der Waals surface area contributed by atoms with Crippen LogP contribution in [-0.4, -0.2) is 25.0 Å². The van der Waals surface area contributed by atoms with Crippen LogP contribution in [0.15, 0.2) is 0 Å². The van der Waals surface area contributed by atoms with Crippen molar-refractivity contribution in [2.75, 3.05) is 20.1 Å². The van der Waals surface area contributed by atoms with Gasteiger partial charge in [-0.1, -0.05) is 0 Å². The first-order valence-corrected chi connectivity index (χ1v) is 3.41. The lowest BCUT2D eigenvalue weighted by Gasteiger charge is -2.08. The summed E-state index contributed by atoms with van der Waals surface area (Å²) >= 11 is 0.